The van der Waals surface area contributed by atoms with Crippen LogP contribution < -0.4 is 5.32 Å². The number of urea groups is 1. The monoisotopic (exact) mass is 302 g/mol. The molecule has 0 aliphatic carbocycles. The summed E-state index contributed by atoms with van der Waals surface area (Å²) in [5, 5.41) is 11.1. The third-order valence-corrected chi connectivity index (χ3v) is 3.37. The lowest BCUT2D eigenvalue weighted by Crippen LogP contribution is -2.42. The fourth-order valence-corrected chi connectivity index (χ4v) is 2.16. The molecule has 1 fully saturated rings. The van der Waals surface area contributed by atoms with Crippen molar-refractivity contribution in [3.63, 3.8) is 0 Å². The Labute approximate surface area is 118 Å². The van der Waals surface area contributed by atoms with Gasteiger partial charge in [-0.3, -0.25) is 4.79 Å². The van der Waals surface area contributed by atoms with Gasteiger partial charge in [0.05, 0.1) is 5.92 Å². The van der Waals surface area contributed by atoms with E-state index in [0.29, 0.717) is 25.0 Å². The molecular weight excluding hydrogens is 289 g/mol. The number of carbonyl (C=O) groups excluding carboxylic acids is 1. The first-order valence-electron chi connectivity index (χ1n) is 6.31. The van der Waals surface area contributed by atoms with Gasteiger partial charge in [0, 0.05) is 30.9 Å². The Balaban J connectivity index is 1.98. The topological polar surface area (TPSA) is 69.6 Å². The number of aliphatic carboxylic acids is 1. The van der Waals surface area contributed by atoms with Crippen LogP contribution in [0.3, 0.4) is 0 Å². The zero-order chi connectivity index (χ0) is 15.6. The Bertz CT molecular complexity index is 549. The molecule has 0 radical (unpaired) electrons. The summed E-state index contributed by atoms with van der Waals surface area (Å²) < 4.78 is 38.8. The van der Waals surface area contributed by atoms with E-state index in [0.717, 1.165) is 0 Å². The maximum Gasteiger partial charge on any atom is 0.321 e. The second-order valence-corrected chi connectivity index (χ2v) is 4.78. The van der Waals surface area contributed by atoms with E-state index in [9.17, 15) is 22.8 Å². The van der Waals surface area contributed by atoms with Crippen LogP contribution in [0.2, 0.25) is 0 Å². The van der Waals surface area contributed by atoms with Gasteiger partial charge in [-0.25, -0.2) is 18.0 Å². The van der Waals surface area contributed by atoms with Crippen LogP contribution in [0.15, 0.2) is 12.1 Å². The second kappa shape index (κ2) is 6.02. The highest BCUT2D eigenvalue weighted by Gasteiger charge is 2.27. The van der Waals surface area contributed by atoms with Gasteiger partial charge in [0.1, 0.15) is 0 Å². The summed E-state index contributed by atoms with van der Waals surface area (Å²) in [7, 11) is 0. The number of nitrogens with one attached hydrogen (secondary N) is 1. The highest BCUT2D eigenvalue weighted by Crippen LogP contribution is 2.20. The Morgan fingerprint density at radius 1 is 1.14 bits per heavy atom. The molecule has 1 aromatic carbocycles. The predicted molar refractivity (Wildman–Crippen MR) is 67.3 cm³/mol. The number of anilines is 1. The number of carboxylic acids is 1. The molecule has 0 saturated carbocycles. The first-order valence-corrected chi connectivity index (χ1v) is 6.31. The zero-order valence-corrected chi connectivity index (χ0v) is 10.9. The van der Waals surface area contributed by atoms with Gasteiger partial charge in [-0.05, 0) is 12.8 Å². The molecule has 0 bridgehead atoms. The van der Waals surface area contributed by atoms with Gasteiger partial charge in [-0.2, -0.15) is 0 Å². The van der Waals surface area contributed by atoms with Crippen LogP contribution in [0.4, 0.5) is 23.7 Å². The van der Waals surface area contributed by atoms with E-state index in [1.807, 2.05) is 0 Å². The number of benzene rings is 1. The summed E-state index contributed by atoms with van der Waals surface area (Å²) in [6.07, 6.45) is 0.629. The highest BCUT2D eigenvalue weighted by molar-refractivity contribution is 5.89. The Morgan fingerprint density at radius 3 is 2.14 bits per heavy atom. The van der Waals surface area contributed by atoms with Crippen LogP contribution in [0.25, 0.3) is 0 Å². The van der Waals surface area contributed by atoms with Crippen LogP contribution in [0.1, 0.15) is 12.8 Å². The van der Waals surface area contributed by atoms with Crippen molar-refractivity contribution in [1.82, 2.24) is 4.90 Å². The molecular formula is C13H13F3N2O3. The zero-order valence-electron chi connectivity index (χ0n) is 10.9. The minimum Gasteiger partial charge on any atom is -0.481 e. The first-order chi connectivity index (χ1) is 9.88. The van der Waals surface area contributed by atoms with Gasteiger partial charge in [0.2, 0.25) is 0 Å². The van der Waals surface area contributed by atoms with E-state index in [1.54, 1.807) is 0 Å². The molecule has 1 saturated heterocycles. The van der Waals surface area contributed by atoms with E-state index in [2.05, 4.69) is 5.32 Å². The van der Waals surface area contributed by atoms with Crippen LogP contribution in [0, 0.1) is 23.4 Å². The van der Waals surface area contributed by atoms with E-state index in [1.165, 1.54) is 4.90 Å². The summed E-state index contributed by atoms with van der Waals surface area (Å²) in [6, 6.07) is 0.755. The average Bonchev–Trinajstić information content (AvgIpc) is 2.44. The minimum atomic E-state index is -1.60. The normalized spacial score (nSPS) is 15.9. The van der Waals surface area contributed by atoms with Crippen molar-refractivity contribution in [2.24, 2.45) is 5.92 Å². The fraction of sp³-hybridized carbons (Fsp3) is 0.385. The molecule has 5 nitrogen and oxygen atoms in total. The van der Waals surface area contributed by atoms with Gasteiger partial charge >= 0.3 is 12.0 Å². The van der Waals surface area contributed by atoms with Crippen molar-refractivity contribution in [1.29, 1.82) is 0 Å². The van der Waals surface area contributed by atoms with Crippen LogP contribution in [-0.4, -0.2) is 35.1 Å². The van der Waals surface area contributed by atoms with Gasteiger partial charge in [0.25, 0.3) is 0 Å². The highest BCUT2D eigenvalue weighted by atomic mass is 19.2. The smallest absolute Gasteiger partial charge is 0.321 e. The molecule has 1 aliphatic heterocycles. The van der Waals surface area contributed by atoms with Gasteiger partial charge in [-0.1, -0.05) is 0 Å². The third kappa shape index (κ3) is 3.45. The molecule has 1 aliphatic rings. The Morgan fingerprint density at radius 2 is 1.67 bits per heavy atom. The summed E-state index contributed by atoms with van der Waals surface area (Å²) in [4.78, 5) is 24.0. The van der Waals surface area contributed by atoms with Crippen LogP contribution in [-0.2, 0) is 4.79 Å². The van der Waals surface area contributed by atoms with E-state index >= 15 is 0 Å². The number of hydrogen-bond donors (Lipinski definition) is 2. The van der Waals surface area contributed by atoms with Crippen molar-refractivity contribution in [2.75, 3.05) is 18.4 Å². The number of amides is 2. The van der Waals surface area contributed by atoms with E-state index in [-0.39, 0.29) is 18.8 Å². The van der Waals surface area contributed by atoms with Crippen molar-refractivity contribution in [3.8, 4) is 0 Å². The number of hydrogen-bond acceptors (Lipinski definition) is 2. The lowest BCUT2D eigenvalue weighted by molar-refractivity contribution is -0.143. The van der Waals surface area contributed by atoms with Crippen LogP contribution in [0.5, 0.6) is 0 Å². The summed E-state index contributed by atoms with van der Waals surface area (Å²) in [5.74, 6) is -5.78. The fourth-order valence-electron chi connectivity index (χ4n) is 2.16. The number of rotatable bonds is 2. The maximum atomic E-state index is 13.0. The molecule has 1 heterocycles. The summed E-state index contributed by atoms with van der Waals surface area (Å²) >= 11 is 0. The molecule has 2 rings (SSSR count). The predicted octanol–water partition coefficient (Wildman–Crippen LogP) is 2.43. The molecule has 2 N–H and O–H groups in total. The second-order valence-electron chi connectivity index (χ2n) is 4.78. The first kappa shape index (κ1) is 15.1. The SMILES string of the molecule is O=C(O)C1CCN(C(=O)Nc2cc(F)c(F)c(F)c2)CC1. The maximum absolute atomic E-state index is 13.0. The van der Waals surface area contributed by atoms with Gasteiger partial charge in [-0.15, -0.1) is 0 Å². The minimum absolute atomic E-state index is 0.197. The molecule has 0 atom stereocenters. The molecule has 21 heavy (non-hydrogen) atoms. The van der Waals surface area contributed by atoms with Crippen molar-refractivity contribution < 1.29 is 27.9 Å². The quantitative estimate of drug-likeness (QED) is 0.824. The summed E-state index contributed by atoms with van der Waals surface area (Å²) in [5.41, 5.74) is -0.197. The number of carboxylic acid groups (broad SMARTS) is 1. The molecule has 0 aromatic heterocycles. The van der Waals surface area contributed by atoms with E-state index in [4.69, 9.17) is 5.11 Å². The number of nitrogens with zero attached hydrogens (tertiary/aromatic N) is 1. The Hall–Kier alpha value is -2.25. The van der Waals surface area contributed by atoms with Crippen molar-refractivity contribution in [2.45, 2.75) is 12.8 Å². The van der Waals surface area contributed by atoms with Gasteiger partial charge < -0.3 is 15.3 Å². The van der Waals surface area contributed by atoms with Gasteiger partial charge in [0.15, 0.2) is 17.5 Å². The molecule has 1 aromatic rings. The molecule has 2 amide bonds. The molecule has 0 unspecified atom stereocenters. The van der Waals surface area contributed by atoms with E-state index < -0.39 is 35.4 Å². The van der Waals surface area contributed by atoms with Crippen LogP contribution >= 0.6 is 0 Å². The number of carbonyl (C=O) groups is 2. The standard InChI is InChI=1S/C13H13F3N2O3/c14-9-5-8(6-10(15)11(9)16)17-13(21)18-3-1-7(2-4-18)12(19)20/h5-7H,1-4H2,(H,17,21)(H,19,20). The molecule has 114 valence electrons. The molecule has 0 spiro atoms. The average molecular weight is 302 g/mol. The molecule has 8 heteroatoms. The number of likely N-dealkylation sites (tertiary alicyclic amines) is 1. The lowest BCUT2D eigenvalue weighted by Gasteiger charge is -2.30. The third-order valence-electron chi connectivity index (χ3n) is 3.37. The largest absolute Gasteiger partial charge is 0.481 e. The number of halogens is 3. The van der Waals surface area contributed by atoms with Crippen molar-refractivity contribution in [3.05, 3.63) is 29.6 Å². The Kier molecular flexibility index (Phi) is 4.35. The number of piperidine rings is 1. The van der Waals surface area contributed by atoms with Crippen molar-refractivity contribution >= 4 is 17.7 Å². The summed E-state index contributed by atoms with van der Waals surface area (Å²) in [6.45, 7) is 0.462. The lowest BCUT2D eigenvalue weighted by atomic mass is 9.97.